The van der Waals surface area contributed by atoms with E-state index in [0.717, 1.165) is 48.4 Å². The van der Waals surface area contributed by atoms with Gasteiger partial charge in [0, 0.05) is 25.4 Å². The maximum absolute atomic E-state index is 5.98. The van der Waals surface area contributed by atoms with Gasteiger partial charge in [0.15, 0.2) is 5.65 Å². The van der Waals surface area contributed by atoms with Crippen LogP contribution in [0, 0.1) is 5.92 Å². The Hall–Kier alpha value is -1.03. The Bertz CT molecular complexity index is 597. The Labute approximate surface area is 132 Å². The first-order chi connectivity index (χ1) is 9.99. The topological polar surface area (TPSA) is 35.6 Å². The summed E-state index contributed by atoms with van der Waals surface area (Å²) in [5.41, 5.74) is 3.32. The van der Waals surface area contributed by atoms with E-state index in [-0.39, 0.29) is 0 Å². The third-order valence-corrected chi connectivity index (χ3v) is 4.06. The lowest BCUT2D eigenvalue weighted by molar-refractivity contribution is 0.421. The molecule has 0 aromatic carbocycles. The molecular formula is C16H27ClN4. The van der Waals surface area contributed by atoms with Crippen LogP contribution in [0.5, 0.6) is 0 Å². The first-order valence-corrected chi connectivity index (χ1v) is 8.51. The van der Waals surface area contributed by atoms with Gasteiger partial charge in [0.2, 0.25) is 0 Å². The van der Waals surface area contributed by atoms with Crippen LogP contribution in [0.15, 0.2) is 0 Å². The molecule has 1 unspecified atom stereocenters. The van der Waals surface area contributed by atoms with E-state index < -0.39 is 0 Å². The lowest BCUT2D eigenvalue weighted by Crippen LogP contribution is -2.14. The highest BCUT2D eigenvalue weighted by molar-refractivity contribution is 6.17. The van der Waals surface area contributed by atoms with Crippen LogP contribution in [-0.2, 0) is 19.9 Å². The molecule has 0 radical (unpaired) electrons. The molecule has 0 aliphatic heterocycles. The molecule has 21 heavy (non-hydrogen) atoms. The molecule has 0 bridgehead atoms. The van der Waals surface area contributed by atoms with Gasteiger partial charge < -0.3 is 4.57 Å². The SMILES string of the molecule is CCCc1nn(C)c2c1nc(CCCl)n2C(C)CC(C)C. The molecule has 2 aromatic rings. The number of rotatable bonds is 7. The smallest absolute Gasteiger partial charge is 0.158 e. The summed E-state index contributed by atoms with van der Waals surface area (Å²) in [5.74, 6) is 2.36. The van der Waals surface area contributed by atoms with E-state index in [1.807, 2.05) is 11.7 Å². The summed E-state index contributed by atoms with van der Waals surface area (Å²) < 4.78 is 4.34. The highest BCUT2D eigenvalue weighted by Crippen LogP contribution is 2.28. The highest BCUT2D eigenvalue weighted by atomic mass is 35.5. The summed E-state index contributed by atoms with van der Waals surface area (Å²) in [6, 6.07) is 0.415. The Kier molecular flexibility index (Phi) is 5.31. The zero-order valence-electron chi connectivity index (χ0n) is 13.9. The Morgan fingerprint density at radius 3 is 2.48 bits per heavy atom. The maximum atomic E-state index is 5.98. The average molecular weight is 311 g/mol. The number of alkyl halides is 1. The van der Waals surface area contributed by atoms with Gasteiger partial charge in [0.1, 0.15) is 11.3 Å². The van der Waals surface area contributed by atoms with E-state index in [1.165, 1.54) is 0 Å². The molecule has 0 spiro atoms. The monoisotopic (exact) mass is 310 g/mol. The Morgan fingerprint density at radius 2 is 1.90 bits per heavy atom. The van der Waals surface area contributed by atoms with Gasteiger partial charge in [0.05, 0.1) is 5.69 Å². The fourth-order valence-corrected chi connectivity index (χ4v) is 3.33. The standard InChI is InChI=1S/C16H27ClN4/c1-6-7-13-15-16(20(5)19-13)21(12(4)10-11(2)3)14(18-15)8-9-17/h11-12H,6-10H2,1-5H3. The van der Waals surface area contributed by atoms with Crippen LogP contribution in [0.2, 0.25) is 0 Å². The number of halogens is 1. The molecule has 0 saturated carbocycles. The van der Waals surface area contributed by atoms with Gasteiger partial charge in [-0.1, -0.05) is 27.2 Å². The van der Waals surface area contributed by atoms with Crippen LogP contribution in [0.25, 0.3) is 11.2 Å². The molecular weight excluding hydrogens is 284 g/mol. The second kappa shape index (κ2) is 6.82. The molecule has 0 aliphatic rings. The largest absolute Gasteiger partial charge is 0.310 e. The van der Waals surface area contributed by atoms with Gasteiger partial charge >= 0.3 is 0 Å². The first kappa shape index (κ1) is 16.3. The van der Waals surface area contributed by atoms with Crippen molar-refractivity contribution in [2.45, 2.75) is 59.4 Å². The molecule has 5 heteroatoms. The molecule has 1 atom stereocenters. The third kappa shape index (κ3) is 3.25. The molecule has 0 saturated heterocycles. The van der Waals surface area contributed by atoms with Crippen molar-refractivity contribution in [1.82, 2.24) is 19.3 Å². The minimum atomic E-state index is 0.415. The van der Waals surface area contributed by atoms with Crippen molar-refractivity contribution in [3.05, 3.63) is 11.5 Å². The van der Waals surface area contributed by atoms with Gasteiger partial charge in [0.25, 0.3) is 0 Å². The van der Waals surface area contributed by atoms with Gasteiger partial charge in [-0.25, -0.2) is 4.98 Å². The van der Waals surface area contributed by atoms with E-state index in [0.29, 0.717) is 17.8 Å². The summed E-state index contributed by atoms with van der Waals surface area (Å²) in [7, 11) is 2.02. The highest BCUT2D eigenvalue weighted by Gasteiger charge is 2.22. The molecule has 2 heterocycles. The van der Waals surface area contributed by atoms with Crippen LogP contribution in [-0.4, -0.2) is 25.2 Å². The number of aryl methyl sites for hydroxylation is 3. The van der Waals surface area contributed by atoms with Crippen LogP contribution in [0.3, 0.4) is 0 Å². The summed E-state index contributed by atoms with van der Waals surface area (Å²) in [6.45, 7) is 8.97. The normalized spacial score (nSPS) is 13.5. The van der Waals surface area contributed by atoms with Crippen molar-refractivity contribution in [1.29, 1.82) is 0 Å². The van der Waals surface area contributed by atoms with Crippen molar-refractivity contribution in [3.8, 4) is 0 Å². The van der Waals surface area contributed by atoms with E-state index in [1.54, 1.807) is 0 Å². The predicted molar refractivity (Wildman–Crippen MR) is 89.1 cm³/mol. The number of fused-ring (bicyclic) bond motifs is 1. The van der Waals surface area contributed by atoms with Crippen LogP contribution < -0.4 is 0 Å². The van der Waals surface area contributed by atoms with E-state index in [2.05, 4.69) is 37.4 Å². The number of imidazole rings is 1. The fourth-order valence-electron chi connectivity index (χ4n) is 3.16. The van der Waals surface area contributed by atoms with Gasteiger partial charge in [-0.2, -0.15) is 5.10 Å². The van der Waals surface area contributed by atoms with E-state index >= 15 is 0 Å². The minimum absolute atomic E-state index is 0.415. The second-order valence-corrected chi connectivity index (χ2v) is 6.69. The molecule has 2 aromatic heterocycles. The van der Waals surface area contributed by atoms with Gasteiger partial charge in [-0.15, -0.1) is 11.6 Å². The zero-order valence-corrected chi connectivity index (χ0v) is 14.6. The van der Waals surface area contributed by atoms with Gasteiger partial charge in [-0.05, 0) is 25.7 Å². The van der Waals surface area contributed by atoms with Crippen molar-refractivity contribution in [2.24, 2.45) is 13.0 Å². The van der Waals surface area contributed by atoms with Gasteiger partial charge in [-0.3, -0.25) is 4.68 Å². The fraction of sp³-hybridized carbons (Fsp3) is 0.750. The Morgan fingerprint density at radius 1 is 1.19 bits per heavy atom. The lowest BCUT2D eigenvalue weighted by Gasteiger charge is -2.19. The van der Waals surface area contributed by atoms with E-state index in [9.17, 15) is 0 Å². The summed E-state index contributed by atoms with van der Waals surface area (Å²) >= 11 is 5.98. The van der Waals surface area contributed by atoms with Crippen LogP contribution >= 0.6 is 11.6 Å². The number of hydrogen-bond donors (Lipinski definition) is 0. The van der Waals surface area contributed by atoms with Crippen molar-refractivity contribution >= 4 is 22.8 Å². The van der Waals surface area contributed by atoms with Crippen LogP contribution in [0.4, 0.5) is 0 Å². The summed E-state index contributed by atoms with van der Waals surface area (Å²) in [4.78, 5) is 4.87. The molecule has 2 rings (SSSR count). The quantitative estimate of drug-likeness (QED) is 0.721. The molecule has 0 N–H and O–H groups in total. The molecule has 4 nitrogen and oxygen atoms in total. The van der Waals surface area contributed by atoms with Crippen molar-refractivity contribution in [3.63, 3.8) is 0 Å². The molecule has 118 valence electrons. The predicted octanol–water partition coefficient (Wildman–Crippen LogP) is 4.11. The first-order valence-electron chi connectivity index (χ1n) is 7.98. The van der Waals surface area contributed by atoms with E-state index in [4.69, 9.17) is 16.6 Å². The third-order valence-electron chi connectivity index (χ3n) is 3.87. The number of aromatic nitrogens is 4. The Balaban J connectivity index is 2.56. The molecule has 0 amide bonds. The summed E-state index contributed by atoms with van der Waals surface area (Å²) in [5, 5.41) is 4.66. The minimum Gasteiger partial charge on any atom is -0.310 e. The number of hydrogen-bond acceptors (Lipinski definition) is 2. The number of nitrogens with zero attached hydrogens (tertiary/aromatic N) is 4. The zero-order chi connectivity index (χ0) is 15.6. The average Bonchev–Trinajstić information content (AvgIpc) is 2.89. The van der Waals surface area contributed by atoms with Crippen molar-refractivity contribution < 1.29 is 0 Å². The lowest BCUT2D eigenvalue weighted by atomic mass is 10.0. The van der Waals surface area contributed by atoms with Crippen LogP contribution in [0.1, 0.15) is 58.1 Å². The van der Waals surface area contributed by atoms with Crippen molar-refractivity contribution in [2.75, 3.05) is 5.88 Å². The maximum Gasteiger partial charge on any atom is 0.158 e. The second-order valence-electron chi connectivity index (χ2n) is 6.31. The molecule has 0 fully saturated rings. The molecule has 0 aliphatic carbocycles. The summed E-state index contributed by atoms with van der Waals surface area (Å²) in [6.07, 6.45) is 4.01.